The van der Waals surface area contributed by atoms with Crippen molar-refractivity contribution < 1.29 is 4.79 Å². The van der Waals surface area contributed by atoms with Gasteiger partial charge in [0, 0.05) is 0 Å². The number of thiol groups is 1. The van der Waals surface area contributed by atoms with Crippen LogP contribution in [-0.2, 0) is 4.79 Å². The highest BCUT2D eigenvalue weighted by molar-refractivity contribution is 8.17. The molecule has 2 aliphatic heterocycles. The predicted octanol–water partition coefficient (Wildman–Crippen LogP) is 1.91. The smallest absolute Gasteiger partial charge is 0.261 e. The molecular weight excluding hydrogens is 216 g/mol. The number of allylic oxidation sites excluding steroid dienone is 1. The summed E-state index contributed by atoms with van der Waals surface area (Å²) < 4.78 is 0. The summed E-state index contributed by atoms with van der Waals surface area (Å²) in [5.41, 5.74) is 1.08. The van der Waals surface area contributed by atoms with E-state index in [-0.39, 0.29) is 11.8 Å². The van der Waals surface area contributed by atoms with E-state index < -0.39 is 0 Å². The van der Waals surface area contributed by atoms with Crippen LogP contribution in [0.25, 0.3) is 0 Å². The number of hydrogen-bond donors (Lipinski definition) is 1. The summed E-state index contributed by atoms with van der Waals surface area (Å²) >= 11 is 5.64. The van der Waals surface area contributed by atoms with Gasteiger partial charge in [-0.05, 0) is 24.3 Å². The third-order valence-electron chi connectivity index (χ3n) is 2.36. The number of rotatable bonds is 1. The lowest BCUT2D eigenvalue weighted by atomic mass is 10.0. The van der Waals surface area contributed by atoms with Crippen molar-refractivity contribution in [2.24, 2.45) is 15.9 Å². The number of carbonyl (C=O) groups is 1. The lowest BCUT2D eigenvalue weighted by molar-refractivity contribution is -0.118. The van der Waals surface area contributed by atoms with Gasteiger partial charge in [0.1, 0.15) is 11.8 Å². The van der Waals surface area contributed by atoms with Crippen LogP contribution in [0.2, 0.25) is 0 Å². The van der Waals surface area contributed by atoms with Crippen molar-refractivity contribution in [2.45, 2.75) is 13.8 Å². The molecule has 1 atom stereocenters. The number of nitrogens with zero attached hydrogens (tertiary/aromatic N) is 2. The molecule has 5 heteroatoms. The van der Waals surface area contributed by atoms with Crippen LogP contribution in [-0.4, -0.2) is 22.5 Å². The van der Waals surface area contributed by atoms with Crippen molar-refractivity contribution in [3.05, 3.63) is 10.5 Å². The van der Waals surface area contributed by atoms with E-state index in [0.29, 0.717) is 11.6 Å². The number of carbonyl (C=O) groups excluding carboxylic acids is 1. The Morgan fingerprint density at radius 1 is 1.43 bits per heavy atom. The molecule has 0 radical (unpaired) electrons. The molecule has 0 spiro atoms. The fraction of sp³-hybridized carbons (Fsp3) is 0.444. The number of amides is 1. The number of thioether (sulfide) groups is 1. The summed E-state index contributed by atoms with van der Waals surface area (Å²) in [7, 11) is 0. The van der Waals surface area contributed by atoms with Crippen molar-refractivity contribution >= 4 is 41.2 Å². The van der Waals surface area contributed by atoms with Gasteiger partial charge in [-0.2, -0.15) is 17.6 Å². The number of amidine groups is 1. The monoisotopic (exact) mass is 226 g/mol. The van der Waals surface area contributed by atoms with Crippen LogP contribution in [0.1, 0.15) is 13.8 Å². The largest absolute Gasteiger partial charge is 0.271 e. The molecule has 2 aliphatic rings. The molecular formula is C9H10N2OS2. The minimum Gasteiger partial charge on any atom is -0.271 e. The fourth-order valence-electron chi connectivity index (χ4n) is 1.48. The summed E-state index contributed by atoms with van der Waals surface area (Å²) in [5.74, 6) is 0.643. The molecule has 0 aromatic heterocycles. The Balaban J connectivity index is 2.40. The van der Waals surface area contributed by atoms with E-state index in [0.717, 1.165) is 15.5 Å². The maximum atomic E-state index is 11.7. The van der Waals surface area contributed by atoms with E-state index >= 15 is 0 Å². The highest BCUT2D eigenvalue weighted by Crippen LogP contribution is 2.39. The van der Waals surface area contributed by atoms with Crippen LogP contribution in [0.5, 0.6) is 0 Å². The summed E-state index contributed by atoms with van der Waals surface area (Å²) in [6, 6.07) is 0. The molecule has 0 saturated heterocycles. The van der Waals surface area contributed by atoms with Crippen molar-refractivity contribution in [3.8, 4) is 0 Å². The first kappa shape index (κ1) is 9.98. The summed E-state index contributed by atoms with van der Waals surface area (Å²) in [6.45, 7) is 3.98. The molecule has 0 aromatic rings. The van der Waals surface area contributed by atoms with Gasteiger partial charge in [-0.25, -0.2) is 4.99 Å². The normalized spacial score (nSPS) is 26.2. The van der Waals surface area contributed by atoms with Gasteiger partial charge in [0.2, 0.25) is 0 Å². The Hall–Kier alpha value is -0.550. The van der Waals surface area contributed by atoms with Gasteiger partial charge in [-0.1, -0.05) is 11.8 Å². The lowest BCUT2D eigenvalue weighted by Crippen LogP contribution is -2.25. The van der Waals surface area contributed by atoms with E-state index in [1.807, 2.05) is 13.8 Å². The number of aliphatic imine (C=N–C) groups is 2. The molecule has 0 fully saturated rings. The average Bonchev–Trinajstić information content (AvgIpc) is 2.43. The minimum atomic E-state index is -0.205. The van der Waals surface area contributed by atoms with E-state index in [2.05, 4.69) is 22.6 Å². The molecule has 2 rings (SSSR count). The summed E-state index contributed by atoms with van der Waals surface area (Å²) in [4.78, 5) is 21.0. The zero-order chi connectivity index (χ0) is 10.3. The molecule has 2 heterocycles. The van der Waals surface area contributed by atoms with Gasteiger partial charge in [0.15, 0.2) is 0 Å². The molecule has 0 N–H and O–H groups in total. The second-order valence-corrected chi connectivity index (χ2v) is 4.80. The second kappa shape index (κ2) is 3.55. The molecule has 14 heavy (non-hydrogen) atoms. The first-order valence-electron chi connectivity index (χ1n) is 4.29. The van der Waals surface area contributed by atoms with Crippen LogP contribution in [0.3, 0.4) is 0 Å². The Bertz CT molecular complexity index is 396. The van der Waals surface area contributed by atoms with E-state index in [1.165, 1.54) is 0 Å². The Morgan fingerprint density at radius 2 is 2.14 bits per heavy atom. The van der Waals surface area contributed by atoms with Gasteiger partial charge in [0.05, 0.1) is 10.8 Å². The van der Waals surface area contributed by atoms with Gasteiger partial charge in [-0.15, -0.1) is 0 Å². The molecule has 74 valence electrons. The van der Waals surface area contributed by atoms with Crippen molar-refractivity contribution in [2.75, 3.05) is 5.75 Å². The lowest BCUT2D eigenvalue weighted by Gasteiger charge is -2.13. The topological polar surface area (TPSA) is 41.8 Å². The zero-order valence-electron chi connectivity index (χ0n) is 7.94. The third-order valence-corrected chi connectivity index (χ3v) is 3.81. The van der Waals surface area contributed by atoms with E-state index in [4.69, 9.17) is 0 Å². The van der Waals surface area contributed by atoms with Gasteiger partial charge < -0.3 is 0 Å². The van der Waals surface area contributed by atoms with Crippen LogP contribution in [0, 0.1) is 5.92 Å². The first-order valence-corrected chi connectivity index (χ1v) is 5.74. The Labute approximate surface area is 92.2 Å². The summed E-state index contributed by atoms with van der Waals surface area (Å²) in [6.07, 6.45) is 0. The molecule has 0 aromatic carbocycles. The molecule has 0 aliphatic carbocycles. The van der Waals surface area contributed by atoms with E-state index in [1.54, 1.807) is 11.8 Å². The highest BCUT2D eigenvalue weighted by atomic mass is 32.2. The van der Waals surface area contributed by atoms with Gasteiger partial charge in [-0.3, -0.25) is 4.79 Å². The zero-order valence-corrected chi connectivity index (χ0v) is 9.65. The van der Waals surface area contributed by atoms with Crippen molar-refractivity contribution in [1.82, 2.24) is 0 Å². The maximum Gasteiger partial charge on any atom is 0.261 e. The SMILES string of the molecule is CC1=C(C)C2C(=O)N=C(CS)N=C2S1. The van der Waals surface area contributed by atoms with Crippen LogP contribution in [0.4, 0.5) is 0 Å². The average molecular weight is 226 g/mol. The number of hydrogen-bond acceptors (Lipinski definition) is 4. The molecule has 0 saturated carbocycles. The standard InChI is InChI=1S/C9H10N2OS2/c1-4-5(2)14-9-7(4)8(12)10-6(3-13)11-9/h7,13H,3H2,1-2H3. The Kier molecular flexibility index (Phi) is 2.53. The first-order chi connectivity index (χ1) is 6.63. The highest BCUT2D eigenvalue weighted by Gasteiger charge is 2.36. The van der Waals surface area contributed by atoms with Crippen molar-refractivity contribution in [3.63, 3.8) is 0 Å². The fourth-order valence-corrected chi connectivity index (χ4v) is 2.76. The van der Waals surface area contributed by atoms with Crippen LogP contribution in [0.15, 0.2) is 20.5 Å². The molecule has 1 unspecified atom stereocenters. The molecule has 3 nitrogen and oxygen atoms in total. The van der Waals surface area contributed by atoms with Crippen LogP contribution >= 0.6 is 24.4 Å². The van der Waals surface area contributed by atoms with Crippen LogP contribution < -0.4 is 0 Å². The maximum absolute atomic E-state index is 11.7. The molecule has 1 amide bonds. The third kappa shape index (κ3) is 1.44. The van der Waals surface area contributed by atoms with E-state index in [9.17, 15) is 4.79 Å². The molecule has 0 bridgehead atoms. The predicted molar refractivity (Wildman–Crippen MR) is 63.2 cm³/mol. The quantitative estimate of drug-likeness (QED) is 0.694. The number of fused-ring (bicyclic) bond motifs is 1. The minimum absolute atomic E-state index is 0.0964. The van der Waals surface area contributed by atoms with Crippen molar-refractivity contribution in [1.29, 1.82) is 0 Å². The summed E-state index contributed by atoms with van der Waals surface area (Å²) in [5, 5.41) is 0.865. The second-order valence-electron chi connectivity index (χ2n) is 3.25. The Morgan fingerprint density at radius 3 is 2.79 bits per heavy atom. The van der Waals surface area contributed by atoms with Gasteiger partial charge in [0.25, 0.3) is 5.91 Å². The van der Waals surface area contributed by atoms with Gasteiger partial charge >= 0.3 is 0 Å².